The van der Waals surface area contributed by atoms with Crippen LogP contribution in [0.2, 0.25) is 0 Å². The fourth-order valence-electron chi connectivity index (χ4n) is 3.05. The first kappa shape index (κ1) is 13.3. The van der Waals surface area contributed by atoms with Crippen LogP contribution in [0, 0.1) is 0 Å². The normalized spacial score (nSPS) is 29.1. The summed E-state index contributed by atoms with van der Waals surface area (Å²) in [6.07, 6.45) is 5.11. The number of carbonyl (C=O) groups is 1. The summed E-state index contributed by atoms with van der Waals surface area (Å²) in [4.78, 5) is 16.7. The molecule has 0 aromatic heterocycles. The predicted molar refractivity (Wildman–Crippen MR) is 74.8 cm³/mol. The molecule has 2 saturated carbocycles. The molecule has 1 saturated heterocycles. The summed E-state index contributed by atoms with van der Waals surface area (Å²) >= 11 is 0. The Morgan fingerprint density at radius 3 is 2.32 bits per heavy atom. The molecule has 3 rings (SSSR count). The summed E-state index contributed by atoms with van der Waals surface area (Å²) in [6.45, 7) is 7.11. The molecular weight excluding hydrogens is 240 g/mol. The van der Waals surface area contributed by atoms with E-state index in [1.807, 2.05) is 6.92 Å². The molecule has 3 N–H and O–H groups in total. The Kier molecular flexibility index (Phi) is 3.53. The SMILES string of the molecule is CC(CN1CCN(C2CC2)CC1)(NC1CC1)C(N)=O. The van der Waals surface area contributed by atoms with Crippen molar-refractivity contribution in [3.05, 3.63) is 0 Å². The minimum atomic E-state index is -0.567. The van der Waals surface area contributed by atoms with Crippen molar-refractivity contribution in [2.45, 2.75) is 50.2 Å². The second-order valence-electron chi connectivity index (χ2n) is 6.66. The van der Waals surface area contributed by atoms with Gasteiger partial charge in [-0.3, -0.25) is 19.9 Å². The van der Waals surface area contributed by atoms with Gasteiger partial charge in [0.1, 0.15) is 5.54 Å². The van der Waals surface area contributed by atoms with Crippen LogP contribution in [0.1, 0.15) is 32.6 Å². The van der Waals surface area contributed by atoms with Crippen LogP contribution >= 0.6 is 0 Å². The minimum absolute atomic E-state index is 0.218. The Hall–Kier alpha value is -0.650. The first-order chi connectivity index (χ1) is 9.07. The van der Waals surface area contributed by atoms with Gasteiger partial charge in [-0.1, -0.05) is 0 Å². The summed E-state index contributed by atoms with van der Waals surface area (Å²) in [6, 6.07) is 1.36. The zero-order valence-corrected chi connectivity index (χ0v) is 11.9. The van der Waals surface area contributed by atoms with E-state index in [-0.39, 0.29) is 5.91 Å². The van der Waals surface area contributed by atoms with E-state index in [1.165, 1.54) is 25.7 Å². The van der Waals surface area contributed by atoms with Crippen molar-refractivity contribution in [3.8, 4) is 0 Å². The van der Waals surface area contributed by atoms with Crippen molar-refractivity contribution in [1.82, 2.24) is 15.1 Å². The number of rotatable bonds is 6. The molecule has 1 unspecified atom stereocenters. The van der Waals surface area contributed by atoms with Crippen LogP contribution in [0.3, 0.4) is 0 Å². The highest BCUT2D eigenvalue weighted by Gasteiger charge is 2.39. The van der Waals surface area contributed by atoms with Gasteiger partial charge in [-0.15, -0.1) is 0 Å². The molecule has 1 amide bonds. The van der Waals surface area contributed by atoms with Crippen molar-refractivity contribution in [2.24, 2.45) is 5.73 Å². The molecule has 19 heavy (non-hydrogen) atoms. The van der Waals surface area contributed by atoms with Crippen LogP contribution in [0.5, 0.6) is 0 Å². The van der Waals surface area contributed by atoms with E-state index in [4.69, 9.17) is 5.73 Å². The highest BCUT2D eigenvalue weighted by Crippen LogP contribution is 2.28. The van der Waals surface area contributed by atoms with E-state index in [2.05, 4.69) is 15.1 Å². The maximum absolute atomic E-state index is 11.8. The van der Waals surface area contributed by atoms with Crippen molar-refractivity contribution >= 4 is 5.91 Å². The van der Waals surface area contributed by atoms with Gasteiger partial charge >= 0.3 is 0 Å². The Balaban J connectivity index is 1.51. The van der Waals surface area contributed by atoms with Crippen molar-refractivity contribution < 1.29 is 4.79 Å². The molecule has 0 radical (unpaired) electrons. The molecule has 0 bridgehead atoms. The molecule has 0 aromatic rings. The van der Waals surface area contributed by atoms with E-state index >= 15 is 0 Å². The minimum Gasteiger partial charge on any atom is -0.368 e. The lowest BCUT2D eigenvalue weighted by Gasteiger charge is -2.39. The van der Waals surface area contributed by atoms with Crippen molar-refractivity contribution in [2.75, 3.05) is 32.7 Å². The number of nitrogens with zero attached hydrogens (tertiary/aromatic N) is 2. The summed E-state index contributed by atoms with van der Waals surface area (Å²) in [5.41, 5.74) is 5.04. The van der Waals surface area contributed by atoms with Gasteiger partial charge in [0.2, 0.25) is 5.91 Å². The van der Waals surface area contributed by atoms with Crippen LogP contribution in [-0.2, 0) is 4.79 Å². The van der Waals surface area contributed by atoms with Gasteiger partial charge in [0.15, 0.2) is 0 Å². The zero-order chi connectivity index (χ0) is 13.5. The smallest absolute Gasteiger partial charge is 0.238 e. The second kappa shape index (κ2) is 5.04. The number of piperazine rings is 1. The molecule has 108 valence electrons. The van der Waals surface area contributed by atoms with Crippen molar-refractivity contribution in [3.63, 3.8) is 0 Å². The summed E-state index contributed by atoms with van der Waals surface area (Å²) < 4.78 is 0. The third-order valence-corrected chi connectivity index (χ3v) is 4.65. The monoisotopic (exact) mass is 266 g/mol. The van der Waals surface area contributed by atoms with E-state index in [0.717, 1.165) is 38.8 Å². The fraction of sp³-hybridized carbons (Fsp3) is 0.929. The van der Waals surface area contributed by atoms with E-state index in [9.17, 15) is 4.79 Å². The average molecular weight is 266 g/mol. The average Bonchev–Trinajstić information content (AvgIpc) is 3.24. The summed E-state index contributed by atoms with van der Waals surface area (Å²) in [5, 5.41) is 3.43. The number of nitrogens with two attached hydrogens (primary N) is 1. The number of hydrogen-bond acceptors (Lipinski definition) is 4. The van der Waals surface area contributed by atoms with Gasteiger partial charge in [-0.2, -0.15) is 0 Å². The molecule has 2 aliphatic carbocycles. The predicted octanol–water partition coefficient (Wildman–Crippen LogP) is -0.238. The largest absolute Gasteiger partial charge is 0.368 e. The van der Waals surface area contributed by atoms with Crippen LogP contribution in [-0.4, -0.2) is 66.1 Å². The first-order valence-electron chi connectivity index (χ1n) is 7.61. The fourth-order valence-corrected chi connectivity index (χ4v) is 3.05. The van der Waals surface area contributed by atoms with Crippen molar-refractivity contribution in [1.29, 1.82) is 0 Å². The van der Waals surface area contributed by atoms with Gasteiger partial charge in [0.25, 0.3) is 0 Å². The van der Waals surface area contributed by atoms with E-state index < -0.39 is 5.54 Å². The first-order valence-corrected chi connectivity index (χ1v) is 7.61. The summed E-state index contributed by atoms with van der Waals surface area (Å²) in [5.74, 6) is -0.218. The van der Waals surface area contributed by atoms with Gasteiger partial charge in [0, 0.05) is 44.8 Å². The maximum Gasteiger partial charge on any atom is 0.238 e. The molecule has 1 atom stereocenters. The highest BCUT2D eigenvalue weighted by atomic mass is 16.1. The molecule has 5 nitrogen and oxygen atoms in total. The Morgan fingerprint density at radius 2 is 1.84 bits per heavy atom. The number of hydrogen-bond donors (Lipinski definition) is 2. The van der Waals surface area contributed by atoms with Gasteiger partial charge in [0.05, 0.1) is 0 Å². The molecular formula is C14H26N4O. The number of carbonyl (C=O) groups excluding carboxylic acids is 1. The second-order valence-corrected chi connectivity index (χ2v) is 6.66. The van der Waals surface area contributed by atoms with Gasteiger partial charge < -0.3 is 5.73 Å². The molecule has 3 aliphatic rings. The van der Waals surface area contributed by atoms with Crippen LogP contribution in [0.25, 0.3) is 0 Å². The topological polar surface area (TPSA) is 61.6 Å². The molecule has 0 aromatic carbocycles. The molecule has 0 spiro atoms. The molecule has 5 heteroatoms. The standard InChI is InChI=1S/C14H26N4O/c1-14(13(15)19,16-11-2-3-11)10-17-6-8-18(9-7-17)12-4-5-12/h11-12,16H,2-10H2,1H3,(H2,15,19). The Morgan fingerprint density at radius 1 is 1.21 bits per heavy atom. The zero-order valence-electron chi connectivity index (χ0n) is 11.9. The lowest BCUT2D eigenvalue weighted by Crippen LogP contribution is -2.62. The molecule has 1 aliphatic heterocycles. The van der Waals surface area contributed by atoms with Gasteiger partial charge in [-0.25, -0.2) is 0 Å². The van der Waals surface area contributed by atoms with Crippen LogP contribution in [0.4, 0.5) is 0 Å². The number of primary amides is 1. The lowest BCUT2D eigenvalue weighted by atomic mass is 10.00. The highest BCUT2D eigenvalue weighted by molar-refractivity contribution is 5.84. The maximum atomic E-state index is 11.8. The van der Waals surface area contributed by atoms with Gasteiger partial charge in [-0.05, 0) is 32.6 Å². The van der Waals surface area contributed by atoms with E-state index in [1.54, 1.807) is 0 Å². The third kappa shape index (κ3) is 3.27. The van der Waals surface area contributed by atoms with E-state index in [0.29, 0.717) is 6.04 Å². The Bertz CT molecular complexity index is 345. The quantitative estimate of drug-likeness (QED) is 0.697. The van der Waals surface area contributed by atoms with Crippen LogP contribution in [0.15, 0.2) is 0 Å². The van der Waals surface area contributed by atoms with Crippen LogP contribution < -0.4 is 11.1 Å². The Labute approximate surface area is 115 Å². The third-order valence-electron chi connectivity index (χ3n) is 4.65. The molecule has 1 heterocycles. The summed E-state index contributed by atoms with van der Waals surface area (Å²) in [7, 11) is 0. The molecule has 3 fully saturated rings. The number of nitrogens with one attached hydrogen (secondary N) is 1. The number of amides is 1. The lowest BCUT2D eigenvalue weighted by molar-refractivity contribution is -0.124.